The molecule has 3 nitrogen and oxygen atoms in total. The number of methoxy groups -OCH3 is 1. The molecule has 1 aromatic carbocycles. The van der Waals surface area contributed by atoms with E-state index in [-0.39, 0.29) is 0 Å². The summed E-state index contributed by atoms with van der Waals surface area (Å²) in [7, 11) is 1.64. The third-order valence-electron chi connectivity index (χ3n) is 2.10. The largest absolute Gasteiger partial charge is 0.497 e. The van der Waals surface area contributed by atoms with Crippen molar-refractivity contribution in [3.63, 3.8) is 0 Å². The average Bonchev–Trinajstić information content (AvgIpc) is 2.59. The number of aromatic nitrogens is 1. The van der Waals surface area contributed by atoms with Crippen molar-refractivity contribution in [2.24, 2.45) is 5.73 Å². The van der Waals surface area contributed by atoms with Crippen LogP contribution in [0.2, 0.25) is 0 Å². The van der Waals surface area contributed by atoms with Gasteiger partial charge >= 0.3 is 0 Å². The van der Waals surface area contributed by atoms with Gasteiger partial charge in [0.05, 0.1) is 12.8 Å². The number of aromatic amines is 1. The predicted octanol–water partition coefficient (Wildman–Crippen LogP) is 1.81. The third kappa shape index (κ3) is 1.44. The van der Waals surface area contributed by atoms with Gasteiger partial charge in [-0.3, -0.25) is 0 Å². The number of H-pyrrole nitrogens is 1. The van der Waals surface area contributed by atoms with E-state index in [1.165, 1.54) is 0 Å². The van der Waals surface area contributed by atoms with Crippen molar-refractivity contribution in [1.29, 1.82) is 0 Å². The molecule has 0 aliphatic rings. The second-order valence-corrected chi connectivity index (χ2v) is 3.44. The summed E-state index contributed by atoms with van der Waals surface area (Å²) >= 11 is 4.88. The van der Waals surface area contributed by atoms with Crippen molar-refractivity contribution in [2.75, 3.05) is 7.11 Å². The van der Waals surface area contributed by atoms with Crippen molar-refractivity contribution < 1.29 is 4.74 Å². The summed E-state index contributed by atoms with van der Waals surface area (Å²) in [4.78, 5) is 3.50. The second kappa shape index (κ2) is 3.31. The SMILES string of the molecule is COc1ccc2cc(C(N)=S)[nH]c2c1. The third-order valence-corrected chi connectivity index (χ3v) is 2.32. The summed E-state index contributed by atoms with van der Waals surface area (Å²) in [5.74, 6) is 0.814. The maximum Gasteiger partial charge on any atom is 0.120 e. The topological polar surface area (TPSA) is 51.0 Å². The van der Waals surface area contributed by atoms with Crippen LogP contribution in [0.15, 0.2) is 24.3 Å². The van der Waals surface area contributed by atoms with Crippen LogP contribution < -0.4 is 10.5 Å². The molecule has 0 bridgehead atoms. The summed E-state index contributed by atoms with van der Waals surface area (Å²) in [5, 5.41) is 1.08. The second-order valence-electron chi connectivity index (χ2n) is 3.00. The standard InChI is InChI=1S/C10H10N2OS/c1-13-7-3-2-6-4-9(10(11)14)12-8(6)5-7/h2-5,12H,1H3,(H2,11,14). The molecule has 0 atom stereocenters. The highest BCUT2D eigenvalue weighted by Gasteiger charge is 2.03. The first kappa shape index (κ1) is 9.02. The van der Waals surface area contributed by atoms with Crippen LogP contribution in [0, 0.1) is 0 Å². The van der Waals surface area contributed by atoms with Crippen molar-refractivity contribution in [1.82, 2.24) is 4.98 Å². The van der Waals surface area contributed by atoms with Crippen molar-refractivity contribution in [3.05, 3.63) is 30.0 Å². The van der Waals surface area contributed by atoms with Gasteiger partial charge in [-0.25, -0.2) is 0 Å². The molecular formula is C10H10N2OS. The Labute approximate surface area is 86.9 Å². The van der Waals surface area contributed by atoms with E-state index in [1.807, 2.05) is 24.3 Å². The average molecular weight is 206 g/mol. The highest BCUT2D eigenvalue weighted by atomic mass is 32.1. The number of fused-ring (bicyclic) bond motifs is 1. The lowest BCUT2D eigenvalue weighted by Crippen LogP contribution is -2.09. The molecule has 0 amide bonds. The van der Waals surface area contributed by atoms with Crippen molar-refractivity contribution in [3.8, 4) is 5.75 Å². The first-order chi connectivity index (χ1) is 6.70. The molecule has 0 saturated heterocycles. The minimum absolute atomic E-state index is 0.375. The number of nitrogens with one attached hydrogen (secondary N) is 1. The summed E-state index contributed by atoms with van der Waals surface area (Å²) in [6.07, 6.45) is 0. The molecule has 0 unspecified atom stereocenters. The number of nitrogens with two attached hydrogens (primary N) is 1. The van der Waals surface area contributed by atoms with Gasteiger partial charge in [-0.05, 0) is 18.2 Å². The minimum atomic E-state index is 0.375. The molecule has 0 fully saturated rings. The molecule has 1 heterocycles. The van der Waals surface area contributed by atoms with Crippen molar-refractivity contribution in [2.45, 2.75) is 0 Å². The van der Waals surface area contributed by atoms with Crippen LogP contribution in [-0.4, -0.2) is 17.1 Å². The Balaban J connectivity index is 2.60. The molecule has 1 aromatic heterocycles. The first-order valence-corrected chi connectivity index (χ1v) is 4.58. The Bertz CT molecular complexity index is 490. The normalized spacial score (nSPS) is 10.4. The molecule has 4 heteroatoms. The summed E-state index contributed by atoms with van der Waals surface area (Å²) in [6.45, 7) is 0. The van der Waals surface area contributed by atoms with E-state index < -0.39 is 0 Å². The van der Waals surface area contributed by atoms with Crippen LogP contribution in [0.25, 0.3) is 10.9 Å². The van der Waals surface area contributed by atoms with E-state index in [0.717, 1.165) is 22.3 Å². The summed E-state index contributed by atoms with van der Waals surface area (Å²) in [6, 6.07) is 7.71. The molecule has 0 saturated carbocycles. The zero-order chi connectivity index (χ0) is 10.1. The highest BCUT2D eigenvalue weighted by molar-refractivity contribution is 7.80. The maximum atomic E-state index is 5.52. The van der Waals surface area contributed by atoms with Gasteiger partial charge in [0.25, 0.3) is 0 Å². The number of rotatable bonds is 2. The maximum absolute atomic E-state index is 5.52. The zero-order valence-electron chi connectivity index (χ0n) is 7.70. The van der Waals surface area contributed by atoms with E-state index in [1.54, 1.807) is 7.11 Å². The number of benzene rings is 1. The van der Waals surface area contributed by atoms with Crippen LogP contribution in [-0.2, 0) is 0 Å². The quantitative estimate of drug-likeness (QED) is 0.737. The fourth-order valence-electron chi connectivity index (χ4n) is 1.37. The van der Waals surface area contributed by atoms with Gasteiger partial charge in [-0.2, -0.15) is 0 Å². The lowest BCUT2D eigenvalue weighted by molar-refractivity contribution is 0.415. The van der Waals surface area contributed by atoms with E-state index in [9.17, 15) is 0 Å². The Morgan fingerprint density at radius 1 is 1.43 bits per heavy atom. The minimum Gasteiger partial charge on any atom is -0.497 e. The van der Waals surface area contributed by atoms with Gasteiger partial charge in [-0.1, -0.05) is 12.2 Å². The van der Waals surface area contributed by atoms with Gasteiger partial charge in [0, 0.05) is 17.0 Å². The number of hydrogen-bond acceptors (Lipinski definition) is 2. The van der Waals surface area contributed by atoms with Gasteiger partial charge in [-0.15, -0.1) is 0 Å². The van der Waals surface area contributed by atoms with Crippen LogP contribution >= 0.6 is 12.2 Å². The molecular weight excluding hydrogens is 196 g/mol. The molecule has 72 valence electrons. The van der Waals surface area contributed by atoms with E-state index in [4.69, 9.17) is 22.7 Å². The number of hydrogen-bond donors (Lipinski definition) is 2. The van der Waals surface area contributed by atoms with Crippen LogP contribution in [0.5, 0.6) is 5.75 Å². The summed E-state index contributed by atoms with van der Waals surface area (Å²) in [5.41, 5.74) is 7.28. The molecule has 0 aliphatic heterocycles. The first-order valence-electron chi connectivity index (χ1n) is 4.17. The van der Waals surface area contributed by atoms with Crippen LogP contribution in [0.4, 0.5) is 0 Å². The van der Waals surface area contributed by atoms with Gasteiger partial charge < -0.3 is 15.5 Å². The van der Waals surface area contributed by atoms with E-state index in [0.29, 0.717) is 4.99 Å². The molecule has 2 rings (SSSR count). The van der Waals surface area contributed by atoms with Crippen LogP contribution in [0.3, 0.4) is 0 Å². The fourth-order valence-corrected chi connectivity index (χ4v) is 1.48. The highest BCUT2D eigenvalue weighted by Crippen LogP contribution is 2.20. The Kier molecular flexibility index (Phi) is 2.13. The summed E-state index contributed by atoms with van der Waals surface area (Å²) < 4.78 is 5.11. The lowest BCUT2D eigenvalue weighted by atomic mass is 10.2. The monoisotopic (exact) mass is 206 g/mol. The Morgan fingerprint density at radius 3 is 2.86 bits per heavy atom. The lowest BCUT2D eigenvalue weighted by Gasteiger charge is -1.97. The van der Waals surface area contributed by atoms with Gasteiger partial charge in [0.1, 0.15) is 10.7 Å². The predicted molar refractivity (Wildman–Crippen MR) is 60.7 cm³/mol. The Hall–Kier alpha value is -1.55. The zero-order valence-corrected chi connectivity index (χ0v) is 8.52. The molecule has 0 radical (unpaired) electrons. The van der Waals surface area contributed by atoms with Crippen LogP contribution in [0.1, 0.15) is 5.69 Å². The number of thiocarbonyl (C=S) groups is 1. The van der Waals surface area contributed by atoms with E-state index >= 15 is 0 Å². The molecule has 0 spiro atoms. The van der Waals surface area contributed by atoms with Gasteiger partial charge in [0.15, 0.2) is 0 Å². The molecule has 3 N–H and O–H groups in total. The van der Waals surface area contributed by atoms with Gasteiger partial charge in [0.2, 0.25) is 0 Å². The number of ether oxygens (including phenoxy) is 1. The Morgan fingerprint density at radius 2 is 2.21 bits per heavy atom. The molecule has 2 aromatic rings. The smallest absolute Gasteiger partial charge is 0.120 e. The van der Waals surface area contributed by atoms with E-state index in [2.05, 4.69) is 4.98 Å². The van der Waals surface area contributed by atoms with Crippen molar-refractivity contribution >= 4 is 28.1 Å². The fraction of sp³-hybridized carbons (Fsp3) is 0.100. The molecule has 0 aliphatic carbocycles. The molecule has 14 heavy (non-hydrogen) atoms.